The van der Waals surface area contributed by atoms with E-state index in [1.165, 1.54) is 10.8 Å². The number of H-pyrrole nitrogens is 1. The number of nitrogens with zero attached hydrogens (tertiary/aromatic N) is 7. The maximum Gasteiger partial charge on any atom is 0.268 e. The zero-order valence-corrected chi connectivity index (χ0v) is 16.8. The summed E-state index contributed by atoms with van der Waals surface area (Å²) in [6, 6.07) is 7.27. The summed E-state index contributed by atoms with van der Waals surface area (Å²) in [6.07, 6.45) is 3.07. The van der Waals surface area contributed by atoms with E-state index in [9.17, 15) is 4.79 Å². The first-order valence-corrected chi connectivity index (χ1v) is 9.79. The van der Waals surface area contributed by atoms with E-state index in [0.717, 1.165) is 5.56 Å². The number of rotatable bonds is 4. The lowest BCUT2D eigenvalue weighted by molar-refractivity contribution is 0.171. The van der Waals surface area contributed by atoms with Crippen molar-refractivity contribution in [2.45, 2.75) is 6.61 Å². The lowest BCUT2D eigenvalue weighted by Crippen LogP contribution is -2.20. The molecule has 0 saturated heterocycles. The highest BCUT2D eigenvalue weighted by Crippen LogP contribution is 2.33. The Labute approximate surface area is 179 Å². The van der Waals surface area contributed by atoms with Crippen LogP contribution in [0.2, 0.25) is 0 Å². The van der Waals surface area contributed by atoms with Gasteiger partial charge in [0, 0.05) is 25.1 Å². The molecule has 1 N–H and O–H groups in total. The number of aromatic nitrogens is 8. The number of methoxy groups -OCH3 is 1. The molecule has 1 aromatic carbocycles. The van der Waals surface area contributed by atoms with E-state index in [1.54, 1.807) is 23.9 Å². The molecule has 160 valence electrons. The predicted molar refractivity (Wildman–Crippen MR) is 111 cm³/mol. The van der Waals surface area contributed by atoms with Crippen molar-refractivity contribution in [2.75, 3.05) is 20.3 Å². The van der Waals surface area contributed by atoms with Crippen LogP contribution in [0.25, 0.3) is 34.0 Å². The number of aromatic amines is 1. The Morgan fingerprint density at radius 2 is 2.03 bits per heavy atom. The quantitative estimate of drug-likeness (QED) is 0.443. The summed E-state index contributed by atoms with van der Waals surface area (Å²) in [5, 5.41) is 11.8. The Balaban J connectivity index is 1.45. The average Bonchev–Trinajstić information content (AvgIpc) is 3.46. The molecule has 12 nitrogen and oxygen atoms in total. The van der Waals surface area contributed by atoms with Gasteiger partial charge >= 0.3 is 0 Å². The molecular formula is C20H16N8O4. The topological polar surface area (TPSA) is 134 Å². The normalized spacial score (nSPS) is 13.2. The monoisotopic (exact) mass is 432 g/mol. The first-order valence-electron chi connectivity index (χ1n) is 9.79. The second-order valence-electron chi connectivity index (χ2n) is 7.07. The molecule has 0 amide bonds. The lowest BCUT2D eigenvalue weighted by Gasteiger charge is -2.18. The molecule has 5 aromatic rings. The number of hydrogen-bond donors (Lipinski definition) is 1. The number of fused-ring (bicyclic) bond motifs is 4. The Hall–Kier alpha value is -4.32. The van der Waals surface area contributed by atoms with Gasteiger partial charge in [-0.1, -0.05) is 0 Å². The Morgan fingerprint density at radius 1 is 1.16 bits per heavy atom. The van der Waals surface area contributed by atoms with Crippen LogP contribution < -0.4 is 15.0 Å². The highest BCUT2D eigenvalue weighted by Gasteiger charge is 2.17. The summed E-state index contributed by atoms with van der Waals surface area (Å²) < 4.78 is 19.1. The lowest BCUT2D eigenvalue weighted by atomic mass is 10.2. The van der Waals surface area contributed by atoms with Crippen molar-refractivity contribution in [3.05, 3.63) is 52.8 Å². The van der Waals surface area contributed by atoms with E-state index in [-0.39, 0.29) is 18.1 Å². The third-order valence-electron chi connectivity index (χ3n) is 5.05. The molecule has 0 spiro atoms. The number of nitrogens with one attached hydrogen (secondary N) is 1. The first kappa shape index (κ1) is 18.4. The molecule has 1 aliphatic rings. The maximum atomic E-state index is 13.1. The summed E-state index contributed by atoms with van der Waals surface area (Å²) >= 11 is 0. The minimum Gasteiger partial charge on any atom is -0.486 e. The van der Waals surface area contributed by atoms with E-state index in [1.807, 2.05) is 18.2 Å². The Bertz CT molecular complexity index is 1540. The molecule has 0 aliphatic carbocycles. The van der Waals surface area contributed by atoms with E-state index in [0.29, 0.717) is 53.0 Å². The minimum atomic E-state index is -0.323. The highest BCUT2D eigenvalue weighted by molar-refractivity contribution is 5.79. The van der Waals surface area contributed by atoms with Crippen molar-refractivity contribution in [3.63, 3.8) is 0 Å². The van der Waals surface area contributed by atoms with Gasteiger partial charge < -0.3 is 14.2 Å². The Morgan fingerprint density at radius 3 is 2.91 bits per heavy atom. The molecule has 0 atom stereocenters. The fraction of sp³-hybridized carbons (Fsp3) is 0.200. The Kier molecular flexibility index (Phi) is 4.11. The van der Waals surface area contributed by atoms with Crippen LogP contribution in [0, 0.1) is 0 Å². The van der Waals surface area contributed by atoms with Crippen LogP contribution in [-0.4, -0.2) is 59.7 Å². The van der Waals surface area contributed by atoms with Gasteiger partial charge in [-0.15, -0.1) is 10.2 Å². The van der Waals surface area contributed by atoms with Gasteiger partial charge in [0.25, 0.3) is 17.3 Å². The number of benzene rings is 1. The van der Waals surface area contributed by atoms with Crippen LogP contribution in [0.1, 0.15) is 5.82 Å². The molecule has 0 fully saturated rings. The van der Waals surface area contributed by atoms with Crippen molar-refractivity contribution in [2.24, 2.45) is 0 Å². The molecule has 5 heterocycles. The van der Waals surface area contributed by atoms with E-state index in [2.05, 4.69) is 30.2 Å². The zero-order chi connectivity index (χ0) is 21.7. The summed E-state index contributed by atoms with van der Waals surface area (Å²) in [6.45, 7) is 1.28. The smallest absolute Gasteiger partial charge is 0.268 e. The van der Waals surface area contributed by atoms with Crippen LogP contribution >= 0.6 is 0 Å². The van der Waals surface area contributed by atoms with E-state index < -0.39 is 0 Å². The molecule has 32 heavy (non-hydrogen) atoms. The van der Waals surface area contributed by atoms with Crippen LogP contribution in [0.3, 0.4) is 0 Å². The summed E-state index contributed by atoms with van der Waals surface area (Å²) in [5.41, 5.74) is 1.00. The first-order chi connectivity index (χ1) is 15.7. The van der Waals surface area contributed by atoms with Crippen molar-refractivity contribution < 1.29 is 14.2 Å². The standard InChI is InChI=1S/C20H16N8O4/c1-30-10-16-22-20(25-24-16)27-5-4-13-12(18(27)29)9-21-19-23-17(26-28(13)19)11-2-3-14-15(8-11)32-7-6-31-14/h2-5,8-9H,6-7,10H2,1H3,(H,22,24,25). The molecule has 6 rings (SSSR count). The van der Waals surface area contributed by atoms with Crippen LogP contribution in [0.4, 0.5) is 0 Å². The van der Waals surface area contributed by atoms with Gasteiger partial charge in [0.1, 0.15) is 19.8 Å². The van der Waals surface area contributed by atoms with Gasteiger partial charge in [-0.3, -0.25) is 9.89 Å². The fourth-order valence-electron chi connectivity index (χ4n) is 3.58. The summed E-state index contributed by atoms with van der Waals surface area (Å²) in [5.74, 6) is 2.91. The second kappa shape index (κ2) is 7.13. The van der Waals surface area contributed by atoms with Crippen molar-refractivity contribution in [1.82, 2.24) is 39.3 Å². The van der Waals surface area contributed by atoms with Gasteiger partial charge in [-0.05, 0) is 24.3 Å². The molecule has 0 radical (unpaired) electrons. The maximum absolute atomic E-state index is 13.1. The SMILES string of the molecule is COCc1nc(-n2ccc3c(cnc4nc(-c5ccc6c(c5)OCCO6)nn43)c2=O)n[nH]1. The zero-order valence-electron chi connectivity index (χ0n) is 16.8. The highest BCUT2D eigenvalue weighted by atomic mass is 16.6. The van der Waals surface area contributed by atoms with Crippen LogP contribution in [0.5, 0.6) is 11.5 Å². The molecule has 0 bridgehead atoms. The third-order valence-corrected chi connectivity index (χ3v) is 5.05. The van der Waals surface area contributed by atoms with Crippen LogP contribution in [0.15, 0.2) is 41.5 Å². The van der Waals surface area contributed by atoms with E-state index >= 15 is 0 Å². The van der Waals surface area contributed by atoms with Gasteiger partial charge in [0.05, 0.1) is 10.9 Å². The molecule has 12 heteroatoms. The number of pyridine rings is 1. The van der Waals surface area contributed by atoms with Gasteiger partial charge in [-0.2, -0.15) is 14.5 Å². The van der Waals surface area contributed by atoms with Gasteiger partial charge in [-0.25, -0.2) is 9.55 Å². The molecule has 0 unspecified atom stereocenters. The molecular weight excluding hydrogens is 416 g/mol. The van der Waals surface area contributed by atoms with Crippen molar-refractivity contribution in [3.8, 4) is 28.8 Å². The molecule has 4 aromatic heterocycles. The largest absolute Gasteiger partial charge is 0.486 e. The molecule has 1 aliphatic heterocycles. The van der Waals surface area contributed by atoms with Crippen LogP contribution in [-0.2, 0) is 11.3 Å². The fourth-order valence-corrected chi connectivity index (χ4v) is 3.58. The average molecular weight is 432 g/mol. The number of hydrogen-bond acceptors (Lipinski definition) is 9. The summed E-state index contributed by atoms with van der Waals surface area (Å²) in [7, 11) is 1.55. The third kappa shape index (κ3) is 2.88. The van der Waals surface area contributed by atoms with Crippen molar-refractivity contribution >= 4 is 16.7 Å². The summed E-state index contributed by atoms with van der Waals surface area (Å²) in [4.78, 5) is 26.2. The number of ether oxygens (including phenoxy) is 3. The van der Waals surface area contributed by atoms with Crippen molar-refractivity contribution in [1.29, 1.82) is 0 Å². The van der Waals surface area contributed by atoms with E-state index in [4.69, 9.17) is 14.2 Å². The predicted octanol–water partition coefficient (Wildman–Crippen LogP) is 1.13. The minimum absolute atomic E-state index is 0.222. The second-order valence-corrected chi connectivity index (χ2v) is 7.07. The van der Waals surface area contributed by atoms with Gasteiger partial charge in [0.15, 0.2) is 23.1 Å². The molecule has 0 saturated carbocycles. The van der Waals surface area contributed by atoms with Gasteiger partial charge in [0.2, 0.25) is 0 Å².